The molecule has 2 aromatic carbocycles. The zero-order chi connectivity index (χ0) is 19.9. The van der Waals surface area contributed by atoms with Gasteiger partial charge in [-0.3, -0.25) is 5.43 Å². The van der Waals surface area contributed by atoms with Gasteiger partial charge in [0.05, 0.1) is 11.9 Å². The van der Waals surface area contributed by atoms with Gasteiger partial charge in [0.25, 0.3) is 0 Å². The Morgan fingerprint density at radius 1 is 1.11 bits per heavy atom. The standard InChI is InChI=1S/C22H23FN4S/c1-16(2)18-7-11-20(12-8-18)25-22(28)26-24-14-21-4-3-13-27(21)15-17-5-9-19(23)10-6-17/h3-14,16H,15H2,1-2H3,(H2,25,26,28)/b24-14+. The molecule has 0 atom stereocenters. The van der Waals surface area contributed by atoms with Gasteiger partial charge in [-0.25, -0.2) is 4.39 Å². The van der Waals surface area contributed by atoms with Crippen LogP contribution in [0.15, 0.2) is 72.0 Å². The van der Waals surface area contributed by atoms with Crippen molar-refractivity contribution in [2.24, 2.45) is 5.10 Å². The predicted molar refractivity (Wildman–Crippen MR) is 117 cm³/mol. The van der Waals surface area contributed by atoms with E-state index in [2.05, 4.69) is 41.8 Å². The van der Waals surface area contributed by atoms with Gasteiger partial charge in [0, 0.05) is 18.4 Å². The van der Waals surface area contributed by atoms with Crippen LogP contribution in [0.3, 0.4) is 0 Å². The van der Waals surface area contributed by atoms with E-state index in [0.29, 0.717) is 17.6 Å². The quantitative estimate of drug-likeness (QED) is 0.346. The molecule has 0 amide bonds. The Labute approximate surface area is 170 Å². The molecule has 0 spiro atoms. The summed E-state index contributed by atoms with van der Waals surface area (Å²) in [4.78, 5) is 0. The zero-order valence-electron chi connectivity index (χ0n) is 15.9. The van der Waals surface area contributed by atoms with Crippen LogP contribution in [-0.4, -0.2) is 15.9 Å². The van der Waals surface area contributed by atoms with Crippen molar-refractivity contribution in [1.82, 2.24) is 9.99 Å². The maximum absolute atomic E-state index is 13.0. The van der Waals surface area contributed by atoms with Crippen molar-refractivity contribution < 1.29 is 4.39 Å². The number of thiocarbonyl (C=S) groups is 1. The van der Waals surface area contributed by atoms with Crippen LogP contribution in [0, 0.1) is 5.82 Å². The second kappa shape index (κ2) is 9.28. The predicted octanol–water partition coefficient (Wildman–Crippen LogP) is 5.12. The molecule has 28 heavy (non-hydrogen) atoms. The Balaban J connectivity index is 1.55. The summed E-state index contributed by atoms with van der Waals surface area (Å²) in [5.41, 5.74) is 6.96. The molecule has 6 heteroatoms. The monoisotopic (exact) mass is 394 g/mol. The molecule has 0 fully saturated rings. The van der Waals surface area contributed by atoms with Gasteiger partial charge in [-0.15, -0.1) is 0 Å². The molecule has 0 unspecified atom stereocenters. The summed E-state index contributed by atoms with van der Waals surface area (Å²) in [6.45, 7) is 4.96. The second-order valence-corrected chi connectivity index (χ2v) is 7.20. The Hall–Kier alpha value is -2.99. The number of anilines is 1. The topological polar surface area (TPSA) is 41.4 Å². The first kappa shape index (κ1) is 19.8. The van der Waals surface area contributed by atoms with Crippen molar-refractivity contribution in [2.45, 2.75) is 26.3 Å². The van der Waals surface area contributed by atoms with Gasteiger partial charge in [-0.2, -0.15) is 5.10 Å². The van der Waals surface area contributed by atoms with Gasteiger partial charge < -0.3 is 9.88 Å². The number of hydrogen-bond donors (Lipinski definition) is 2. The third-order valence-corrected chi connectivity index (χ3v) is 4.52. The molecule has 3 rings (SSSR count). The molecule has 0 aliphatic heterocycles. The smallest absolute Gasteiger partial charge is 0.191 e. The van der Waals surface area contributed by atoms with Crippen molar-refractivity contribution in [2.75, 3.05) is 5.32 Å². The van der Waals surface area contributed by atoms with E-state index in [1.54, 1.807) is 18.3 Å². The van der Waals surface area contributed by atoms with Crippen LogP contribution in [-0.2, 0) is 6.54 Å². The van der Waals surface area contributed by atoms with Crippen LogP contribution in [0.2, 0.25) is 0 Å². The lowest BCUT2D eigenvalue weighted by atomic mass is 10.0. The van der Waals surface area contributed by atoms with E-state index in [4.69, 9.17) is 12.2 Å². The van der Waals surface area contributed by atoms with E-state index in [9.17, 15) is 4.39 Å². The first-order chi connectivity index (χ1) is 13.5. The molecule has 1 aromatic heterocycles. The number of rotatable bonds is 6. The summed E-state index contributed by atoms with van der Waals surface area (Å²) in [5.74, 6) is 0.261. The van der Waals surface area contributed by atoms with Crippen LogP contribution in [0.1, 0.15) is 36.6 Å². The van der Waals surface area contributed by atoms with Gasteiger partial charge in [0.15, 0.2) is 5.11 Å². The normalized spacial score (nSPS) is 11.1. The summed E-state index contributed by atoms with van der Waals surface area (Å²) >= 11 is 5.29. The van der Waals surface area contributed by atoms with Crippen LogP contribution in [0.5, 0.6) is 0 Å². The molecule has 0 aliphatic rings. The van der Waals surface area contributed by atoms with Crippen molar-refractivity contribution in [1.29, 1.82) is 0 Å². The van der Waals surface area contributed by atoms with Gasteiger partial charge >= 0.3 is 0 Å². The molecule has 0 bridgehead atoms. The molecule has 1 heterocycles. The third-order valence-electron chi connectivity index (χ3n) is 4.33. The molecule has 0 saturated heterocycles. The highest BCUT2D eigenvalue weighted by atomic mass is 32.1. The third kappa shape index (κ3) is 5.50. The fourth-order valence-electron chi connectivity index (χ4n) is 2.74. The van der Waals surface area contributed by atoms with Crippen LogP contribution in [0.25, 0.3) is 0 Å². The molecular weight excluding hydrogens is 371 g/mol. The van der Waals surface area contributed by atoms with Gasteiger partial charge in [-0.05, 0) is 65.7 Å². The highest BCUT2D eigenvalue weighted by Gasteiger charge is 2.02. The summed E-state index contributed by atoms with van der Waals surface area (Å²) in [6.07, 6.45) is 3.66. The largest absolute Gasteiger partial charge is 0.342 e. The molecular formula is C22H23FN4S. The van der Waals surface area contributed by atoms with E-state index < -0.39 is 0 Å². The molecule has 144 valence electrons. The van der Waals surface area contributed by atoms with Crippen molar-refractivity contribution in [3.63, 3.8) is 0 Å². The van der Waals surface area contributed by atoms with Gasteiger partial charge in [0.2, 0.25) is 0 Å². The number of halogens is 1. The molecule has 4 nitrogen and oxygen atoms in total. The number of benzene rings is 2. The number of hydrazone groups is 1. The lowest BCUT2D eigenvalue weighted by Crippen LogP contribution is -2.24. The Morgan fingerprint density at radius 2 is 1.82 bits per heavy atom. The Morgan fingerprint density at radius 3 is 2.50 bits per heavy atom. The van der Waals surface area contributed by atoms with Crippen LogP contribution < -0.4 is 10.7 Å². The minimum Gasteiger partial charge on any atom is -0.342 e. The molecule has 2 N–H and O–H groups in total. The molecule has 3 aromatic rings. The Kier molecular flexibility index (Phi) is 6.55. The average molecular weight is 395 g/mol. The van der Waals surface area contributed by atoms with Crippen LogP contribution >= 0.6 is 12.2 Å². The van der Waals surface area contributed by atoms with E-state index in [1.807, 2.05) is 35.0 Å². The number of nitrogens with zero attached hydrogens (tertiary/aromatic N) is 2. The van der Waals surface area contributed by atoms with E-state index >= 15 is 0 Å². The minimum atomic E-state index is -0.234. The lowest BCUT2D eigenvalue weighted by Gasteiger charge is -2.10. The van der Waals surface area contributed by atoms with E-state index in [-0.39, 0.29) is 5.82 Å². The second-order valence-electron chi connectivity index (χ2n) is 6.79. The molecule has 0 aliphatic carbocycles. The Bertz CT molecular complexity index is 943. The van der Waals surface area contributed by atoms with Gasteiger partial charge in [0.1, 0.15) is 5.82 Å². The summed E-state index contributed by atoms with van der Waals surface area (Å²) in [7, 11) is 0. The zero-order valence-corrected chi connectivity index (χ0v) is 16.7. The highest BCUT2D eigenvalue weighted by Crippen LogP contribution is 2.17. The summed E-state index contributed by atoms with van der Waals surface area (Å²) < 4.78 is 15.1. The number of nitrogens with one attached hydrogen (secondary N) is 2. The highest BCUT2D eigenvalue weighted by molar-refractivity contribution is 7.80. The van der Waals surface area contributed by atoms with Crippen LogP contribution in [0.4, 0.5) is 10.1 Å². The first-order valence-electron chi connectivity index (χ1n) is 9.11. The lowest BCUT2D eigenvalue weighted by molar-refractivity contribution is 0.626. The first-order valence-corrected chi connectivity index (χ1v) is 9.51. The molecule has 0 saturated carbocycles. The number of hydrogen-bond acceptors (Lipinski definition) is 2. The maximum Gasteiger partial charge on any atom is 0.191 e. The molecule has 0 radical (unpaired) electrons. The van der Waals surface area contributed by atoms with Gasteiger partial charge in [-0.1, -0.05) is 38.1 Å². The summed E-state index contributed by atoms with van der Waals surface area (Å²) in [6, 6.07) is 18.5. The van der Waals surface area contributed by atoms with E-state index in [0.717, 1.165) is 16.9 Å². The summed E-state index contributed by atoms with van der Waals surface area (Å²) in [5, 5.41) is 7.75. The SMILES string of the molecule is CC(C)c1ccc(NC(=S)N/N=C/c2cccn2Cc2ccc(F)cc2)cc1. The number of aromatic nitrogens is 1. The van der Waals surface area contributed by atoms with E-state index in [1.165, 1.54) is 17.7 Å². The minimum absolute atomic E-state index is 0.234. The average Bonchev–Trinajstić information content (AvgIpc) is 3.11. The van der Waals surface area contributed by atoms with Crippen molar-refractivity contribution >= 4 is 29.2 Å². The fraction of sp³-hybridized carbons (Fsp3) is 0.182. The maximum atomic E-state index is 13.0. The van der Waals surface area contributed by atoms with Crippen molar-refractivity contribution in [3.05, 3.63) is 89.5 Å². The van der Waals surface area contributed by atoms with Crippen molar-refractivity contribution in [3.8, 4) is 0 Å². The fourth-order valence-corrected chi connectivity index (χ4v) is 2.91.